The van der Waals surface area contributed by atoms with E-state index in [1.165, 1.54) is 11.1 Å². The average molecular weight is 585 g/mol. The van der Waals surface area contributed by atoms with Gasteiger partial charge in [0.05, 0.1) is 27.5 Å². The molecular formula is C36H41O5P. The standard InChI is InChI=1S/C36H41O5P/c1-6-8-14-25-20-28(37-3)22-32(35(25)39-5)33-23-29(38-4)21-26(15-9-7-2)36(33)41-42-24-27-16-10-11-17-30(27)31-18-12-13-19-34(31)40-42/h10-13,16-23H,6-9,14-15,24H2,1-5H3. The van der Waals surface area contributed by atoms with Gasteiger partial charge in [0.2, 0.25) is 0 Å². The normalized spacial score (nSPS) is 13.8. The van der Waals surface area contributed by atoms with E-state index in [2.05, 4.69) is 68.4 Å². The van der Waals surface area contributed by atoms with E-state index in [-0.39, 0.29) is 0 Å². The van der Waals surface area contributed by atoms with Crippen LogP contribution in [0.4, 0.5) is 0 Å². The van der Waals surface area contributed by atoms with Crippen molar-refractivity contribution >= 4 is 8.38 Å². The molecule has 4 aromatic rings. The second-order valence-electron chi connectivity index (χ2n) is 10.6. The maximum atomic E-state index is 7.05. The number of rotatable bonds is 12. The molecule has 1 unspecified atom stereocenters. The molecule has 4 aromatic carbocycles. The van der Waals surface area contributed by atoms with Crippen molar-refractivity contribution in [2.75, 3.05) is 21.3 Å². The summed E-state index contributed by atoms with van der Waals surface area (Å²) in [7, 11) is 3.81. The summed E-state index contributed by atoms with van der Waals surface area (Å²) in [5.74, 6) is 4.09. The first-order chi connectivity index (χ1) is 20.6. The summed E-state index contributed by atoms with van der Waals surface area (Å²) in [6.45, 7) is 4.41. The van der Waals surface area contributed by atoms with E-state index in [0.717, 1.165) is 95.1 Å². The molecule has 0 spiro atoms. The van der Waals surface area contributed by atoms with Gasteiger partial charge in [-0.3, -0.25) is 0 Å². The van der Waals surface area contributed by atoms with E-state index in [1.54, 1.807) is 21.3 Å². The van der Waals surface area contributed by atoms with Crippen molar-refractivity contribution < 1.29 is 23.3 Å². The van der Waals surface area contributed by atoms with Gasteiger partial charge in [-0.1, -0.05) is 69.2 Å². The highest BCUT2D eigenvalue weighted by molar-refractivity contribution is 7.47. The number of para-hydroxylation sites is 1. The highest BCUT2D eigenvalue weighted by atomic mass is 31.2. The Labute approximate surface area is 251 Å². The highest BCUT2D eigenvalue weighted by Gasteiger charge is 2.28. The van der Waals surface area contributed by atoms with Crippen LogP contribution in [-0.4, -0.2) is 21.3 Å². The van der Waals surface area contributed by atoms with Crippen molar-refractivity contribution in [3.8, 4) is 51.0 Å². The molecule has 0 aliphatic carbocycles. The van der Waals surface area contributed by atoms with Crippen LogP contribution in [0.15, 0.2) is 72.8 Å². The predicted octanol–water partition coefficient (Wildman–Crippen LogP) is 10.0. The van der Waals surface area contributed by atoms with Gasteiger partial charge in [0.25, 0.3) is 8.38 Å². The fraction of sp³-hybridized carbons (Fsp3) is 0.333. The molecule has 0 saturated heterocycles. The lowest BCUT2D eigenvalue weighted by Crippen LogP contribution is -2.04. The number of methoxy groups -OCH3 is 3. The van der Waals surface area contributed by atoms with E-state index in [0.29, 0.717) is 6.16 Å². The molecular weight excluding hydrogens is 543 g/mol. The van der Waals surface area contributed by atoms with Crippen LogP contribution in [0.25, 0.3) is 22.3 Å². The molecule has 220 valence electrons. The predicted molar refractivity (Wildman–Crippen MR) is 173 cm³/mol. The molecule has 1 heterocycles. The fourth-order valence-electron chi connectivity index (χ4n) is 5.53. The second-order valence-corrected chi connectivity index (χ2v) is 11.9. The molecule has 6 heteroatoms. The van der Waals surface area contributed by atoms with Crippen molar-refractivity contribution in [3.05, 3.63) is 89.5 Å². The van der Waals surface area contributed by atoms with Crippen LogP contribution in [0.1, 0.15) is 56.2 Å². The maximum Gasteiger partial charge on any atom is 0.295 e. The Morgan fingerprint density at radius 3 is 1.83 bits per heavy atom. The molecule has 0 radical (unpaired) electrons. The number of hydrogen-bond acceptors (Lipinski definition) is 5. The van der Waals surface area contributed by atoms with Crippen molar-refractivity contribution in [3.63, 3.8) is 0 Å². The summed E-state index contributed by atoms with van der Waals surface area (Å²) in [4.78, 5) is 0. The number of unbranched alkanes of at least 4 members (excludes halogenated alkanes) is 2. The average Bonchev–Trinajstić information content (AvgIpc) is 3.18. The molecule has 1 atom stereocenters. The van der Waals surface area contributed by atoms with E-state index in [9.17, 15) is 0 Å². The summed E-state index contributed by atoms with van der Waals surface area (Å²) in [6.07, 6.45) is 6.69. The summed E-state index contributed by atoms with van der Waals surface area (Å²) >= 11 is 0. The lowest BCUT2D eigenvalue weighted by Gasteiger charge is -2.24. The first-order valence-corrected chi connectivity index (χ1v) is 16.2. The van der Waals surface area contributed by atoms with Crippen molar-refractivity contribution in [2.45, 2.75) is 58.5 Å². The Morgan fingerprint density at radius 2 is 1.21 bits per heavy atom. The van der Waals surface area contributed by atoms with Gasteiger partial charge in [0, 0.05) is 16.7 Å². The molecule has 0 N–H and O–H groups in total. The molecule has 5 nitrogen and oxygen atoms in total. The zero-order valence-electron chi connectivity index (χ0n) is 25.4. The monoisotopic (exact) mass is 584 g/mol. The summed E-state index contributed by atoms with van der Waals surface area (Å²) < 4.78 is 31.4. The van der Waals surface area contributed by atoms with E-state index < -0.39 is 8.38 Å². The van der Waals surface area contributed by atoms with Gasteiger partial charge in [0.15, 0.2) is 0 Å². The number of benzene rings is 4. The van der Waals surface area contributed by atoms with E-state index >= 15 is 0 Å². The Bertz CT molecular complexity index is 1470. The zero-order valence-corrected chi connectivity index (χ0v) is 26.3. The van der Waals surface area contributed by atoms with Gasteiger partial charge in [-0.15, -0.1) is 0 Å². The zero-order chi connectivity index (χ0) is 29.5. The van der Waals surface area contributed by atoms with Gasteiger partial charge in [-0.05, 0) is 78.3 Å². The Morgan fingerprint density at radius 1 is 0.643 bits per heavy atom. The van der Waals surface area contributed by atoms with Gasteiger partial charge in [-0.2, -0.15) is 0 Å². The number of ether oxygens (including phenoxy) is 3. The number of aryl methyl sites for hydroxylation is 2. The Balaban J connectivity index is 1.68. The summed E-state index contributed by atoms with van der Waals surface area (Å²) in [6, 6.07) is 25.0. The van der Waals surface area contributed by atoms with Crippen LogP contribution in [-0.2, 0) is 19.0 Å². The minimum absolute atomic E-state index is 0.676. The van der Waals surface area contributed by atoms with Crippen LogP contribution < -0.4 is 23.3 Å². The smallest absolute Gasteiger partial charge is 0.295 e. The van der Waals surface area contributed by atoms with Gasteiger partial charge in [0.1, 0.15) is 28.7 Å². The molecule has 0 saturated carbocycles. The Kier molecular flexibility index (Phi) is 9.92. The molecule has 42 heavy (non-hydrogen) atoms. The molecule has 1 aliphatic rings. The first kappa shape index (κ1) is 29.8. The second kappa shape index (κ2) is 14.0. The lowest BCUT2D eigenvalue weighted by molar-refractivity contribution is 0.399. The summed E-state index contributed by atoms with van der Waals surface area (Å²) in [5, 5.41) is 0. The van der Waals surface area contributed by atoms with Gasteiger partial charge < -0.3 is 23.3 Å². The van der Waals surface area contributed by atoms with Gasteiger partial charge >= 0.3 is 0 Å². The highest BCUT2D eigenvalue weighted by Crippen LogP contribution is 2.54. The van der Waals surface area contributed by atoms with Crippen LogP contribution in [0.3, 0.4) is 0 Å². The molecule has 0 bridgehead atoms. The minimum atomic E-state index is -1.35. The van der Waals surface area contributed by atoms with Crippen molar-refractivity contribution in [2.24, 2.45) is 0 Å². The van der Waals surface area contributed by atoms with Gasteiger partial charge in [-0.25, -0.2) is 0 Å². The minimum Gasteiger partial charge on any atom is -0.497 e. The van der Waals surface area contributed by atoms with Crippen molar-refractivity contribution in [1.82, 2.24) is 0 Å². The summed E-state index contributed by atoms with van der Waals surface area (Å²) in [5.41, 5.74) is 7.58. The molecule has 1 aliphatic heterocycles. The third-order valence-electron chi connectivity index (χ3n) is 7.73. The fourth-order valence-corrected chi connectivity index (χ4v) is 7.05. The number of fused-ring (bicyclic) bond motifs is 3. The largest absolute Gasteiger partial charge is 0.497 e. The quantitative estimate of drug-likeness (QED) is 0.155. The molecule has 5 rings (SSSR count). The number of hydrogen-bond donors (Lipinski definition) is 0. The molecule has 0 amide bonds. The van der Waals surface area contributed by atoms with Crippen molar-refractivity contribution in [1.29, 1.82) is 0 Å². The van der Waals surface area contributed by atoms with Crippen LogP contribution in [0, 0.1) is 0 Å². The molecule has 0 fully saturated rings. The van der Waals surface area contributed by atoms with Crippen LogP contribution in [0.2, 0.25) is 0 Å². The van der Waals surface area contributed by atoms with Crippen LogP contribution >= 0.6 is 8.38 Å². The third kappa shape index (κ3) is 6.37. The third-order valence-corrected chi connectivity index (χ3v) is 9.12. The topological polar surface area (TPSA) is 46.2 Å². The van der Waals surface area contributed by atoms with E-state index in [4.69, 9.17) is 23.3 Å². The maximum absolute atomic E-state index is 7.05. The van der Waals surface area contributed by atoms with Crippen LogP contribution in [0.5, 0.6) is 28.7 Å². The first-order valence-electron chi connectivity index (χ1n) is 14.9. The van der Waals surface area contributed by atoms with E-state index in [1.807, 2.05) is 18.2 Å². The Hall–Kier alpha value is -3.69. The SMILES string of the molecule is CCCCc1cc(OC)cc(-c2cc(OC)cc(CCCC)c2OP2Cc3ccccc3-c3ccccc3O2)c1OC. The molecule has 0 aromatic heterocycles. The lowest BCUT2D eigenvalue weighted by atomic mass is 9.94.